The molecule has 1 unspecified atom stereocenters. The predicted molar refractivity (Wildman–Crippen MR) is 126 cm³/mol. The first kappa shape index (κ1) is 25.7. The van der Waals surface area contributed by atoms with Crippen molar-refractivity contribution in [3.05, 3.63) is 54.1 Å². The average molecular weight is 458 g/mol. The Morgan fingerprint density at radius 3 is 2.21 bits per heavy atom. The van der Waals surface area contributed by atoms with Gasteiger partial charge in [-0.2, -0.15) is 0 Å². The van der Waals surface area contributed by atoms with Gasteiger partial charge < -0.3 is 24.8 Å². The minimum absolute atomic E-state index is 0.128. The van der Waals surface area contributed by atoms with Crippen LogP contribution in [0.25, 0.3) is 0 Å². The summed E-state index contributed by atoms with van der Waals surface area (Å²) >= 11 is 0. The summed E-state index contributed by atoms with van der Waals surface area (Å²) < 4.78 is 15.2. The zero-order valence-electron chi connectivity index (χ0n) is 19.3. The van der Waals surface area contributed by atoms with E-state index in [1.54, 1.807) is 48.5 Å². The smallest absolute Gasteiger partial charge is 0.411 e. The van der Waals surface area contributed by atoms with Gasteiger partial charge in [0.05, 0.1) is 13.2 Å². The maximum Gasteiger partial charge on any atom is 0.411 e. The van der Waals surface area contributed by atoms with Gasteiger partial charge in [-0.25, -0.2) is 4.79 Å². The lowest BCUT2D eigenvalue weighted by Crippen LogP contribution is -2.47. The Kier molecular flexibility index (Phi) is 10.2. The third-order valence-corrected chi connectivity index (χ3v) is 4.56. The van der Waals surface area contributed by atoms with E-state index in [1.807, 2.05) is 20.8 Å². The van der Waals surface area contributed by atoms with Gasteiger partial charge >= 0.3 is 6.09 Å². The molecule has 0 bridgehead atoms. The average Bonchev–Trinajstić information content (AvgIpc) is 2.78. The molecule has 0 aromatic heterocycles. The van der Waals surface area contributed by atoms with Gasteiger partial charge in [0.1, 0.15) is 18.4 Å². The molecule has 0 spiro atoms. The van der Waals surface area contributed by atoms with Crippen LogP contribution in [0.2, 0.25) is 0 Å². The molecule has 9 heteroatoms. The van der Waals surface area contributed by atoms with Crippen LogP contribution in [-0.4, -0.2) is 50.9 Å². The van der Waals surface area contributed by atoms with Crippen molar-refractivity contribution in [1.82, 2.24) is 5.32 Å². The Morgan fingerprint density at radius 1 is 0.939 bits per heavy atom. The molecule has 3 amide bonds. The predicted octanol–water partition coefficient (Wildman–Crippen LogP) is 3.67. The number of hydrogen-bond acceptors (Lipinski definition) is 6. The molecule has 0 heterocycles. The van der Waals surface area contributed by atoms with Crippen LogP contribution < -0.4 is 20.7 Å². The normalized spacial score (nSPS) is 11.4. The molecule has 0 radical (unpaired) electrons. The molecule has 3 N–H and O–H groups in total. The van der Waals surface area contributed by atoms with E-state index in [4.69, 9.17) is 14.2 Å². The first-order chi connectivity index (χ1) is 15.8. The van der Waals surface area contributed by atoms with Gasteiger partial charge in [-0.15, -0.1) is 0 Å². The minimum atomic E-state index is -0.764. The monoisotopic (exact) mass is 457 g/mol. The molecule has 0 aliphatic heterocycles. The van der Waals surface area contributed by atoms with E-state index in [9.17, 15) is 14.4 Å². The second kappa shape index (κ2) is 13.1. The summed E-state index contributed by atoms with van der Waals surface area (Å²) in [6.45, 7) is 6.53. The molecule has 2 rings (SSSR count). The second-order valence-electron chi connectivity index (χ2n) is 7.48. The Labute approximate surface area is 193 Å². The van der Waals surface area contributed by atoms with Gasteiger partial charge in [0.25, 0.3) is 5.91 Å². The highest BCUT2D eigenvalue weighted by atomic mass is 16.6. The molecular formula is C24H31N3O6. The Hall–Kier alpha value is -3.59. The van der Waals surface area contributed by atoms with E-state index in [0.29, 0.717) is 35.9 Å². The molecule has 0 aliphatic carbocycles. The van der Waals surface area contributed by atoms with Crippen LogP contribution in [0.3, 0.4) is 0 Å². The zero-order valence-corrected chi connectivity index (χ0v) is 19.3. The SMILES string of the molecule is CCOc1ccc(C(=O)NC(C(=O)Nc2cccc(NC(=O)OCCOC)c2)C(C)C)cc1. The van der Waals surface area contributed by atoms with Gasteiger partial charge in [0.15, 0.2) is 0 Å². The summed E-state index contributed by atoms with van der Waals surface area (Å²) in [5, 5.41) is 8.16. The van der Waals surface area contributed by atoms with Crippen molar-refractivity contribution in [1.29, 1.82) is 0 Å². The third-order valence-electron chi connectivity index (χ3n) is 4.56. The van der Waals surface area contributed by atoms with Crippen molar-refractivity contribution in [2.24, 2.45) is 5.92 Å². The highest BCUT2D eigenvalue weighted by Crippen LogP contribution is 2.17. The highest BCUT2D eigenvalue weighted by molar-refractivity contribution is 6.01. The van der Waals surface area contributed by atoms with E-state index < -0.39 is 12.1 Å². The summed E-state index contributed by atoms with van der Waals surface area (Å²) in [6.07, 6.45) is -0.627. The Balaban J connectivity index is 2.00. The van der Waals surface area contributed by atoms with Crippen LogP contribution in [-0.2, 0) is 14.3 Å². The fourth-order valence-electron chi connectivity index (χ4n) is 2.90. The van der Waals surface area contributed by atoms with Gasteiger partial charge in [0, 0.05) is 24.0 Å². The highest BCUT2D eigenvalue weighted by Gasteiger charge is 2.25. The summed E-state index contributed by atoms with van der Waals surface area (Å²) in [5.74, 6) is -0.220. The fraction of sp³-hybridized carbons (Fsp3) is 0.375. The second-order valence-corrected chi connectivity index (χ2v) is 7.48. The number of carbonyl (C=O) groups excluding carboxylic acids is 3. The van der Waals surface area contributed by atoms with Crippen molar-refractivity contribution in [2.75, 3.05) is 37.6 Å². The van der Waals surface area contributed by atoms with E-state index in [2.05, 4.69) is 16.0 Å². The van der Waals surface area contributed by atoms with Gasteiger partial charge in [-0.3, -0.25) is 14.9 Å². The third kappa shape index (κ3) is 8.46. The lowest BCUT2D eigenvalue weighted by Gasteiger charge is -2.22. The van der Waals surface area contributed by atoms with Crippen LogP contribution >= 0.6 is 0 Å². The van der Waals surface area contributed by atoms with Crippen LogP contribution in [0.1, 0.15) is 31.1 Å². The molecule has 178 valence electrons. The number of hydrogen-bond donors (Lipinski definition) is 3. The van der Waals surface area contributed by atoms with E-state index in [1.165, 1.54) is 7.11 Å². The maximum absolute atomic E-state index is 12.9. The van der Waals surface area contributed by atoms with E-state index >= 15 is 0 Å². The fourth-order valence-corrected chi connectivity index (χ4v) is 2.90. The van der Waals surface area contributed by atoms with Crippen molar-refractivity contribution in [2.45, 2.75) is 26.8 Å². The zero-order chi connectivity index (χ0) is 24.2. The number of amides is 3. The van der Waals surface area contributed by atoms with Gasteiger partial charge in [-0.1, -0.05) is 19.9 Å². The van der Waals surface area contributed by atoms with Crippen LogP contribution in [0, 0.1) is 5.92 Å². The molecule has 33 heavy (non-hydrogen) atoms. The standard InChI is InChI=1S/C24H31N3O6/c1-5-32-20-11-9-17(10-12-20)22(28)27-21(16(2)3)23(29)25-18-7-6-8-19(15-18)26-24(30)33-14-13-31-4/h6-12,15-16,21H,5,13-14H2,1-4H3,(H,25,29)(H,26,30)(H,27,28). The lowest BCUT2D eigenvalue weighted by molar-refractivity contribution is -0.118. The maximum atomic E-state index is 12.9. The molecule has 0 saturated heterocycles. The molecule has 0 saturated carbocycles. The minimum Gasteiger partial charge on any atom is -0.494 e. The first-order valence-electron chi connectivity index (χ1n) is 10.7. The number of ether oxygens (including phenoxy) is 3. The Morgan fingerprint density at radius 2 is 1.61 bits per heavy atom. The summed E-state index contributed by atoms with van der Waals surface area (Å²) in [5.41, 5.74) is 1.35. The van der Waals surface area contributed by atoms with Crippen LogP contribution in [0.15, 0.2) is 48.5 Å². The van der Waals surface area contributed by atoms with Crippen LogP contribution in [0.5, 0.6) is 5.75 Å². The topological polar surface area (TPSA) is 115 Å². The number of rotatable bonds is 11. The number of nitrogens with one attached hydrogen (secondary N) is 3. The largest absolute Gasteiger partial charge is 0.494 e. The lowest BCUT2D eigenvalue weighted by atomic mass is 10.0. The number of methoxy groups -OCH3 is 1. The molecule has 0 aliphatic rings. The van der Waals surface area contributed by atoms with Gasteiger partial charge in [-0.05, 0) is 55.3 Å². The molecule has 0 fully saturated rings. The summed E-state index contributed by atoms with van der Waals surface area (Å²) in [7, 11) is 1.51. The Bertz CT molecular complexity index is 930. The van der Waals surface area contributed by atoms with Crippen molar-refractivity contribution in [3.8, 4) is 5.75 Å². The van der Waals surface area contributed by atoms with Gasteiger partial charge in [0.2, 0.25) is 5.91 Å². The van der Waals surface area contributed by atoms with E-state index in [0.717, 1.165) is 0 Å². The first-order valence-corrected chi connectivity index (χ1v) is 10.7. The quantitative estimate of drug-likeness (QED) is 0.444. The molecule has 9 nitrogen and oxygen atoms in total. The van der Waals surface area contributed by atoms with Crippen molar-refractivity contribution >= 4 is 29.3 Å². The molecular weight excluding hydrogens is 426 g/mol. The van der Waals surface area contributed by atoms with Crippen molar-refractivity contribution in [3.63, 3.8) is 0 Å². The molecule has 1 atom stereocenters. The summed E-state index contributed by atoms with van der Waals surface area (Å²) in [4.78, 5) is 37.4. The number of carbonyl (C=O) groups is 3. The van der Waals surface area contributed by atoms with Crippen molar-refractivity contribution < 1.29 is 28.6 Å². The summed E-state index contributed by atoms with van der Waals surface area (Å²) in [6, 6.07) is 12.6. The van der Waals surface area contributed by atoms with E-state index in [-0.39, 0.29) is 24.3 Å². The van der Waals surface area contributed by atoms with Crippen LogP contribution in [0.4, 0.5) is 16.2 Å². The molecule has 2 aromatic carbocycles. The molecule has 2 aromatic rings. The number of benzene rings is 2. The number of anilines is 2.